The highest BCUT2D eigenvalue weighted by atomic mass is 16.3. The molecule has 3 aliphatic carbocycles. The summed E-state index contributed by atoms with van der Waals surface area (Å²) in [6.07, 6.45) is 6.09. The van der Waals surface area contributed by atoms with Crippen LogP contribution in [0.4, 0.5) is 0 Å². The second kappa shape index (κ2) is 4.39. The molecular formula is C18H23O3. The molecule has 113 valence electrons. The number of hydrogen-bond donors (Lipinski definition) is 2. The van der Waals surface area contributed by atoms with Gasteiger partial charge in [0.2, 0.25) is 5.75 Å². The van der Waals surface area contributed by atoms with Crippen LogP contribution in [0.25, 0.3) is 0 Å². The van der Waals surface area contributed by atoms with Crippen LogP contribution in [0, 0.1) is 17.3 Å². The lowest BCUT2D eigenvalue weighted by Gasteiger charge is -2.50. The van der Waals surface area contributed by atoms with Crippen molar-refractivity contribution in [2.75, 3.05) is 0 Å². The van der Waals surface area contributed by atoms with Gasteiger partial charge in [0.25, 0.3) is 0 Å². The molecule has 21 heavy (non-hydrogen) atoms. The smallest absolute Gasteiger partial charge is 0.220 e. The molecule has 0 saturated heterocycles. The van der Waals surface area contributed by atoms with Crippen molar-refractivity contribution in [3.05, 3.63) is 23.3 Å². The number of aliphatic hydroxyl groups excluding tert-OH is 1. The number of aromatic hydroxyl groups is 1. The summed E-state index contributed by atoms with van der Waals surface area (Å²) < 4.78 is 0. The molecule has 2 N–H and O–H groups in total. The Kier molecular flexibility index (Phi) is 2.81. The van der Waals surface area contributed by atoms with Crippen LogP contribution in [0.3, 0.4) is 0 Å². The first-order valence-corrected chi connectivity index (χ1v) is 8.21. The SMILES string of the molecule is C[C@]12CC[C@@H]3c4cc([O])c(O)cc4CC[C@H]3[C@@H]1CCC2O. The Balaban J connectivity index is 1.73. The van der Waals surface area contributed by atoms with Crippen molar-refractivity contribution in [1.82, 2.24) is 0 Å². The molecule has 5 atom stereocenters. The number of phenolic OH excluding ortho intramolecular Hbond substituents is 1. The van der Waals surface area contributed by atoms with Gasteiger partial charge in [0.1, 0.15) is 0 Å². The van der Waals surface area contributed by atoms with Crippen LogP contribution >= 0.6 is 0 Å². The predicted molar refractivity (Wildman–Crippen MR) is 78.9 cm³/mol. The predicted octanol–water partition coefficient (Wildman–Crippen LogP) is 3.75. The van der Waals surface area contributed by atoms with E-state index in [1.807, 2.05) is 0 Å². The Labute approximate surface area is 125 Å². The molecule has 1 unspecified atom stereocenters. The number of hydrogen-bond acceptors (Lipinski definition) is 2. The van der Waals surface area contributed by atoms with E-state index in [2.05, 4.69) is 6.92 Å². The highest BCUT2D eigenvalue weighted by Crippen LogP contribution is 2.61. The summed E-state index contributed by atoms with van der Waals surface area (Å²) in [5, 5.41) is 31.8. The molecule has 1 radical (unpaired) electrons. The molecular weight excluding hydrogens is 264 g/mol. The quantitative estimate of drug-likeness (QED) is 0.763. The number of rotatable bonds is 0. The van der Waals surface area contributed by atoms with Crippen molar-refractivity contribution in [3.8, 4) is 11.5 Å². The summed E-state index contributed by atoms with van der Waals surface area (Å²) in [5.74, 6) is 1.28. The third-order valence-corrected chi connectivity index (χ3v) is 6.75. The van der Waals surface area contributed by atoms with Crippen LogP contribution in [0.15, 0.2) is 12.1 Å². The molecule has 3 heteroatoms. The number of aryl methyl sites for hydroxylation is 1. The van der Waals surface area contributed by atoms with E-state index in [1.165, 1.54) is 5.56 Å². The monoisotopic (exact) mass is 287 g/mol. The van der Waals surface area contributed by atoms with Gasteiger partial charge in [-0.2, -0.15) is 0 Å². The summed E-state index contributed by atoms with van der Waals surface area (Å²) >= 11 is 0. The van der Waals surface area contributed by atoms with Crippen LogP contribution in [0.1, 0.15) is 56.1 Å². The number of phenols is 1. The van der Waals surface area contributed by atoms with Crippen molar-refractivity contribution in [2.24, 2.45) is 17.3 Å². The normalized spacial score (nSPS) is 41.2. The summed E-state index contributed by atoms with van der Waals surface area (Å²) in [7, 11) is 0. The fraction of sp³-hybridized carbons (Fsp3) is 0.667. The Bertz CT molecular complexity index is 582. The topological polar surface area (TPSA) is 60.4 Å². The van der Waals surface area contributed by atoms with Crippen LogP contribution in [0.2, 0.25) is 0 Å². The van der Waals surface area contributed by atoms with E-state index >= 15 is 0 Å². The molecule has 3 aliphatic rings. The van der Waals surface area contributed by atoms with Gasteiger partial charge in [-0.3, -0.25) is 5.11 Å². The molecule has 0 spiro atoms. The Hall–Kier alpha value is -1.22. The van der Waals surface area contributed by atoms with Gasteiger partial charge in [-0.05, 0) is 85.0 Å². The van der Waals surface area contributed by atoms with Crippen LogP contribution in [-0.4, -0.2) is 16.3 Å². The first-order valence-electron chi connectivity index (χ1n) is 8.21. The summed E-state index contributed by atoms with van der Waals surface area (Å²) in [4.78, 5) is 0. The Morgan fingerprint density at radius 1 is 1.19 bits per heavy atom. The molecule has 2 saturated carbocycles. The minimum Gasteiger partial charge on any atom is -0.504 e. The maximum Gasteiger partial charge on any atom is 0.220 e. The van der Waals surface area contributed by atoms with Crippen LogP contribution in [0.5, 0.6) is 11.5 Å². The van der Waals surface area contributed by atoms with Gasteiger partial charge >= 0.3 is 0 Å². The summed E-state index contributed by atoms with van der Waals surface area (Å²) in [5.41, 5.74) is 2.42. The highest BCUT2D eigenvalue weighted by molar-refractivity contribution is 5.48. The zero-order valence-electron chi connectivity index (χ0n) is 12.5. The van der Waals surface area contributed by atoms with Crippen LogP contribution in [-0.2, 0) is 11.5 Å². The van der Waals surface area contributed by atoms with Gasteiger partial charge in [0.05, 0.1) is 6.10 Å². The molecule has 0 aliphatic heterocycles. The maximum absolute atomic E-state index is 11.8. The van der Waals surface area contributed by atoms with Gasteiger partial charge in [-0.25, -0.2) is 0 Å². The first kappa shape index (κ1) is 13.4. The van der Waals surface area contributed by atoms with E-state index in [-0.39, 0.29) is 23.0 Å². The van der Waals surface area contributed by atoms with Gasteiger partial charge in [-0.1, -0.05) is 6.92 Å². The standard InChI is InChI=1S/C18H23O3/c1-18-7-6-11-12(14(18)4-5-17(18)21)3-2-10-8-15(19)16(20)9-13(10)11/h8-9,11-12,14,17,19,21H,2-7H2,1H3/t11-,12+,14-,17?,18-/m0/s1. The van der Waals surface area contributed by atoms with E-state index < -0.39 is 0 Å². The van der Waals surface area contributed by atoms with Crippen molar-refractivity contribution < 1.29 is 15.3 Å². The van der Waals surface area contributed by atoms with Crippen molar-refractivity contribution >= 4 is 0 Å². The van der Waals surface area contributed by atoms with Crippen molar-refractivity contribution in [3.63, 3.8) is 0 Å². The minimum absolute atomic E-state index is 0.0792. The lowest BCUT2D eigenvalue weighted by molar-refractivity contribution is -0.0226. The van der Waals surface area contributed by atoms with E-state index in [9.17, 15) is 15.3 Å². The maximum atomic E-state index is 11.8. The first-order chi connectivity index (χ1) is 10.0. The van der Waals surface area contributed by atoms with Gasteiger partial charge in [0.15, 0.2) is 5.75 Å². The second-order valence-corrected chi connectivity index (χ2v) is 7.57. The largest absolute Gasteiger partial charge is 0.504 e. The van der Waals surface area contributed by atoms with Crippen molar-refractivity contribution in [1.29, 1.82) is 0 Å². The average Bonchev–Trinajstić information content (AvgIpc) is 2.76. The number of benzene rings is 1. The molecule has 1 aromatic rings. The van der Waals surface area contributed by atoms with Gasteiger partial charge in [0, 0.05) is 0 Å². The molecule has 1 aromatic carbocycles. The van der Waals surface area contributed by atoms with E-state index in [0.717, 1.165) is 44.1 Å². The van der Waals surface area contributed by atoms with Crippen LogP contribution < -0.4 is 0 Å². The Morgan fingerprint density at radius 3 is 2.81 bits per heavy atom. The summed E-state index contributed by atoms with van der Waals surface area (Å²) in [6.45, 7) is 2.26. The molecule has 0 aromatic heterocycles. The average molecular weight is 287 g/mol. The zero-order chi connectivity index (χ0) is 14.8. The third kappa shape index (κ3) is 1.76. The minimum atomic E-state index is -0.241. The molecule has 3 nitrogen and oxygen atoms in total. The second-order valence-electron chi connectivity index (χ2n) is 7.57. The van der Waals surface area contributed by atoms with E-state index in [4.69, 9.17) is 0 Å². The van der Waals surface area contributed by atoms with Gasteiger partial charge in [-0.15, -0.1) is 0 Å². The number of fused-ring (bicyclic) bond motifs is 5. The zero-order valence-corrected chi connectivity index (χ0v) is 12.5. The highest BCUT2D eigenvalue weighted by Gasteiger charge is 2.54. The molecule has 2 fully saturated rings. The molecule has 0 heterocycles. The van der Waals surface area contributed by atoms with E-state index in [1.54, 1.807) is 12.1 Å². The van der Waals surface area contributed by atoms with Gasteiger partial charge < -0.3 is 10.2 Å². The molecule has 4 rings (SSSR count). The molecule has 0 bridgehead atoms. The summed E-state index contributed by atoms with van der Waals surface area (Å²) in [6, 6.07) is 3.36. The lowest BCUT2D eigenvalue weighted by atomic mass is 9.55. The fourth-order valence-corrected chi connectivity index (χ4v) is 5.56. The lowest BCUT2D eigenvalue weighted by Crippen LogP contribution is -2.43. The third-order valence-electron chi connectivity index (χ3n) is 6.75. The van der Waals surface area contributed by atoms with Crippen molar-refractivity contribution in [2.45, 2.75) is 57.5 Å². The molecule has 0 amide bonds. The Morgan fingerprint density at radius 2 is 2.00 bits per heavy atom. The van der Waals surface area contributed by atoms with E-state index in [0.29, 0.717) is 17.8 Å². The fourth-order valence-electron chi connectivity index (χ4n) is 5.56. The number of aliphatic hydroxyl groups is 1.